The van der Waals surface area contributed by atoms with Gasteiger partial charge in [-0.05, 0) is 12.1 Å². The number of ether oxygens (including phenoxy) is 1. The third-order valence-electron chi connectivity index (χ3n) is 2.25. The molecule has 0 saturated heterocycles. The van der Waals surface area contributed by atoms with Gasteiger partial charge >= 0.3 is 5.69 Å². The van der Waals surface area contributed by atoms with Crippen LogP contribution in [0.5, 0.6) is 11.6 Å². The molecule has 0 spiro atoms. The predicted octanol–water partition coefficient (Wildman–Crippen LogP) is 3.45. The van der Waals surface area contributed by atoms with Gasteiger partial charge in [0.25, 0.3) is 0 Å². The molecule has 0 amide bonds. The summed E-state index contributed by atoms with van der Waals surface area (Å²) in [7, 11) is 0. The molecule has 0 unspecified atom stereocenters. The van der Waals surface area contributed by atoms with Crippen LogP contribution in [-0.4, -0.2) is 9.91 Å². The van der Waals surface area contributed by atoms with Gasteiger partial charge in [0.15, 0.2) is 5.82 Å². The molecular formula is C12H5ClFN3O3. The summed E-state index contributed by atoms with van der Waals surface area (Å²) in [6.45, 7) is 0. The molecule has 0 atom stereocenters. The SMILES string of the molecule is N#Cc1cc(Cl)nc(Oc2c(F)cccc2[N+](=O)[O-])c1. The molecule has 1 aromatic heterocycles. The molecule has 2 rings (SSSR count). The van der Waals surface area contributed by atoms with Crippen LogP contribution in [0, 0.1) is 27.3 Å². The lowest BCUT2D eigenvalue weighted by molar-refractivity contribution is -0.385. The van der Waals surface area contributed by atoms with E-state index in [4.69, 9.17) is 21.6 Å². The minimum absolute atomic E-state index is 0.0435. The second-order valence-electron chi connectivity index (χ2n) is 3.58. The van der Waals surface area contributed by atoms with Crippen molar-refractivity contribution < 1.29 is 14.1 Å². The van der Waals surface area contributed by atoms with Crippen LogP contribution in [0.3, 0.4) is 0 Å². The highest BCUT2D eigenvalue weighted by molar-refractivity contribution is 6.29. The predicted molar refractivity (Wildman–Crippen MR) is 67.1 cm³/mol. The van der Waals surface area contributed by atoms with Crippen LogP contribution in [0.15, 0.2) is 30.3 Å². The summed E-state index contributed by atoms with van der Waals surface area (Å²) in [6.07, 6.45) is 0. The highest BCUT2D eigenvalue weighted by Gasteiger charge is 2.21. The Kier molecular flexibility index (Phi) is 3.77. The molecule has 0 aliphatic rings. The molecule has 0 aliphatic carbocycles. The summed E-state index contributed by atoms with van der Waals surface area (Å²) >= 11 is 5.67. The third-order valence-corrected chi connectivity index (χ3v) is 2.44. The first-order valence-electron chi connectivity index (χ1n) is 5.19. The van der Waals surface area contributed by atoms with E-state index >= 15 is 0 Å². The summed E-state index contributed by atoms with van der Waals surface area (Å²) in [6, 6.07) is 7.58. The molecule has 100 valence electrons. The molecule has 1 aromatic carbocycles. The van der Waals surface area contributed by atoms with Crippen molar-refractivity contribution in [3.63, 3.8) is 0 Å². The van der Waals surface area contributed by atoms with Crippen molar-refractivity contribution in [1.82, 2.24) is 4.98 Å². The largest absolute Gasteiger partial charge is 0.429 e. The Balaban J connectivity index is 2.48. The first-order chi connectivity index (χ1) is 9.51. The van der Waals surface area contributed by atoms with Gasteiger partial charge in [-0.15, -0.1) is 0 Å². The number of nitrogens with zero attached hydrogens (tertiary/aromatic N) is 3. The summed E-state index contributed by atoms with van der Waals surface area (Å²) < 4.78 is 18.7. The van der Waals surface area contributed by atoms with Crippen molar-refractivity contribution in [3.8, 4) is 17.7 Å². The molecular weight excluding hydrogens is 289 g/mol. The zero-order chi connectivity index (χ0) is 14.7. The molecule has 0 bridgehead atoms. The molecule has 20 heavy (non-hydrogen) atoms. The molecule has 0 N–H and O–H groups in total. The minimum Gasteiger partial charge on any atom is -0.429 e. The van der Waals surface area contributed by atoms with Crippen LogP contribution < -0.4 is 4.74 Å². The molecule has 0 radical (unpaired) electrons. The standard InChI is InChI=1S/C12H5ClFN3O3/c13-10-4-7(6-15)5-11(16-10)20-12-8(14)2-1-3-9(12)17(18)19/h1-5H. The molecule has 1 heterocycles. The first-order valence-corrected chi connectivity index (χ1v) is 5.57. The first kappa shape index (κ1) is 13.7. The minimum atomic E-state index is -0.917. The lowest BCUT2D eigenvalue weighted by atomic mass is 10.3. The Labute approximate surface area is 117 Å². The molecule has 0 fully saturated rings. The Morgan fingerprint density at radius 2 is 2.20 bits per heavy atom. The van der Waals surface area contributed by atoms with Crippen LogP contribution in [0.2, 0.25) is 5.15 Å². The number of rotatable bonds is 3. The number of halogens is 2. The number of pyridine rings is 1. The molecule has 2 aromatic rings. The Hall–Kier alpha value is -2.72. The van der Waals surface area contributed by atoms with Gasteiger partial charge in [0, 0.05) is 12.1 Å². The lowest BCUT2D eigenvalue weighted by Crippen LogP contribution is -1.97. The summed E-state index contributed by atoms with van der Waals surface area (Å²) in [4.78, 5) is 13.8. The zero-order valence-corrected chi connectivity index (χ0v) is 10.5. The average Bonchev–Trinajstić information content (AvgIpc) is 2.40. The second kappa shape index (κ2) is 5.50. The van der Waals surface area contributed by atoms with Crippen LogP contribution in [0.1, 0.15) is 5.56 Å². The number of benzene rings is 1. The van der Waals surface area contributed by atoms with Gasteiger partial charge in [-0.1, -0.05) is 17.7 Å². The van der Waals surface area contributed by atoms with E-state index in [1.54, 1.807) is 0 Å². The summed E-state index contributed by atoms with van der Waals surface area (Å²) in [5.41, 5.74) is -0.413. The van der Waals surface area contributed by atoms with Crippen molar-refractivity contribution in [2.24, 2.45) is 0 Å². The van der Waals surface area contributed by atoms with E-state index in [1.807, 2.05) is 6.07 Å². The third kappa shape index (κ3) is 2.81. The number of nitro groups is 1. The van der Waals surface area contributed by atoms with E-state index in [-0.39, 0.29) is 16.6 Å². The van der Waals surface area contributed by atoms with Gasteiger partial charge in [-0.25, -0.2) is 9.37 Å². The van der Waals surface area contributed by atoms with E-state index in [0.29, 0.717) is 0 Å². The highest BCUT2D eigenvalue weighted by Crippen LogP contribution is 2.33. The van der Waals surface area contributed by atoms with Gasteiger partial charge in [0.1, 0.15) is 5.15 Å². The van der Waals surface area contributed by atoms with E-state index in [1.165, 1.54) is 18.2 Å². The highest BCUT2D eigenvalue weighted by atomic mass is 35.5. The number of nitro benzene ring substituents is 1. The molecule has 0 saturated carbocycles. The van der Waals surface area contributed by atoms with Crippen LogP contribution >= 0.6 is 11.6 Å². The van der Waals surface area contributed by atoms with E-state index in [0.717, 1.165) is 12.1 Å². The summed E-state index contributed by atoms with van der Waals surface area (Å²) in [5.74, 6) is -1.71. The van der Waals surface area contributed by atoms with Gasteiger partial charge in [-0.3, -0.25) is 10.1 Å². The van der Waals surface area contributed by atoms with E-state index < -0.39 is 22.2 Å². The monoisotopic (exact) mass is 293 g/mol. The number of hydrogen-bond donors (Lipinski definition) is 0. The van der Waals surface area contributed by atoms with Crippen LogP contribution in [-0.2, 0) is 0 Å². The topological polar surface area (TPSA) is 89.0 Å². The number of nitriles is 1. The van der Waals surface area contributed by atoms with Gasteiger partial charge in [-0.2, -0.15) is 5.26 Å². The smallest absolute Gasteiger partial charge is 0.314 e. The van der Waals surface area contributed by atoms with Crippen LogP contribution in [0.25, 0.3) is 0 Å². The van der Waals surface area contributed by atoms with Gasteiger partial charge in [0.05, 0.1) is 16.6 Å². The van der Waals surface area contributed by atoms with Crippen molar-refractivity contribution >= 4 is 17.3 Å². The second-order valence-corrected chi connectivity index (χ2v) is 3.96. The maximum absolute atomic E-state index is 13.6. The zero-order valence-electron chi connectivity index (χ0n) is 9.71. The van der Waals surface area contributed by atoms with Crippen LogP contribution in [0.4, 0.5) is 10.1 Å². The Morgan fingerprint density at radius 3 is 2.85 bits per heavy atom. The fourth-order valence-corrected chi connectivity index (χ4v) is 1.64. The van der Waals surface area contributed by atoms with Crippen molar-refractivity contribution in [1.29, 1.82) is 5.26 Å². The fourth-order valence-electron chi connectivity index (χ4n) is 1.44. The number of para-hydroxylation sites is 1. The fraction of sp³-hybridized carbons (Fsp3) is 0. The summed E-state index contributed by atoms with van der Waals surface area (Å²) in [5, 5.41) is 19.5. The van der Waals surface area contributed by atoms with E-state index in [2.05, 4.69) is 4.98 Å². The number of aromatic nitrogens is 1. The maximum atomic E-state index is 13.6. The van der Waals surface area contributed by atoms with E-state index in [9.17, 15) is 14.5 Å². The van der Waals surface area contributed by atoms with Gasteiger partial charge in [0.2, 0.25) is 11.6 Å². The Bertz CT molecular complexity index is 730. The average molecular weight is 294 g/mol. The Morgan fingerprint density at radius 1 is 1.45 bits per heavy atom. The van der Waals surface area contributed by atoms with Crippen molar-refractivity contribution in [2.45, 2.75) is 0 Å². The van der Waals surface area contributed by atoms with Crippen molar-refractivity contribution in [3.05, 3.63) is 57.0 Å². The normalized spacial score (nSPS) is 9.85. The molecule has 8 heteroatoms. The van der Waals surface area contributed by atoms with Crippen molar-refractivity contribution in [2.75, 3.05) is 0 Å². The number of hydrogen-bond acceptors (Lipinski definition) is 5. The molecule has 6 nitrogen and oxygen atoms in total. The lowest BCUT2D eigenvalue weighted by Gasteiger charge is -2.06. The van der Waals surface area contributed by atoms with Gasteiger partial charge < -0.3 is 4.74 Å². The maximum Gasteiger partial charge on any atom is 0.314 e. The molecule has 0 aliphatic heterocycles. The quantitative estimate of drug-likeness (QED) is 0.491.